The Morgan fingerprint density at radius 2 is 1.14 bits per heavy atom. The van der Waals surface area contributed by atoms with Gasteiger partial charge in [0.15, 0.2) is 12.2 Å². The van der Waals surface area contributed by atoms with Crippen LogP contribution in [0.4, 0.5) is 35.1 Å². The topological polar surface area (TPSA) is 12.5 Å². The summed E-state index contributed by atoms with van der Waals surface area (Å²) in [6.45, 7) is 0. The summed E-state index contributed by atoms with van der Waals surface area (Å²) in [5.41, 5.74) is 0. The van der Waals surface area contributed by atoms with Crippen LogP contribution >= 0.6 is 0 Å². The third kappa shape index (κ3) is 1.77. The fourth-order valence-electron chi connectivity index (χ4n) is 0.798. The minimum absolute atomic E-state index is 3.03. The van der Waals surface area contributed by atoms with E-state index in [2.05, 4.69) is 4.74 Å². The zero-order valence-corrected chi connectivity index (χ0v) is 6.09. The molecule has 1 aliphatic rings. The second-order valence-corrected chi connectivity index (χ2v) is 2.64. The first-order valence-corrected chi connectivity index (χ1v) is 3.14. The molecule has 84 valence electrons. The Balaban J connectivity index is 2.72. The molecule has 0 amide bonds. The van der Waals surface area contributed by atoms with Gasteiger partial charge in [-0.15, -0.1) is 0 Å². The van der Waals surface area contributed by atoms with Crippen molar-refractivity contribution in [1.29, 1.82) is 0 Å². The van der Waals surface area contributed by atoms with Crippen LogP contribution in [0.1, 0.15) is 0 Å². The van der Waals surface area contributed by atoms with E-state index in [-0.39, 0.29) is 0 Å². The molecule has 0 aromatic heterocycles. The van der Waals surface area contributed by atoms with E-state index in [1.165, 1.54) is 0 Å². The molecule has 0 N–H and O–H groups in total. The molecule has 14 heavy (non-hydrogen) atoms. The summed E-state index contributed by atoms with van der Waals surface area (Å²) in [5, 5.41) is 0. The largest absolute Gasteiger partial charge is 0.456 e. The highest BCUT2D eigenvalue weighted by atomic mass is 19.4. The van der Waals surface area contributed by atoms with Crippen LogP contribution in [0.5, 0.6) is 0 Å². The van der Waals surface area contributed by atoms with E-state index in [4.69, 9.17) is 0 Å². The number of rotatable bonds is 1. The average Bonchev–Trinajstić information content (AvgIpc) is 2.57. The van der Waals surface area contributed by atoms with Crippen molar-refractivity contribution in [1.82, 2.24) is 0 Å². The highest BCUT2D eigenvalue weighted by molar-refractivity contribution is 5.03. The lowest BCUT2D eigenvalue weighted by Crippen LogP contribution is -2.43. The highest BCUT2D eigenvalue weighted by Gasteiger charge is 2.76. The van der Waals surface area contributed by atoms with Crippen molar-refractivity contribution < 1.29 is 39.9 Å². The minimum Gasteiger partial charge on any atom is -0.353 e. The first kappa shape index (κ1) is 11.5. The number of hydrogen-bond acceptors (Lipinski definition) is 1. The first-order chi connectivity index (χ1) is 5.98. The predicted octanol–water partition coefficient (Wildman–Crippen LogP) is 2.51. The Hall–Kier alpha value is -0.600. The van der Waals surface area contributed by atoms with E-state index in [9.17, 15) is 35.1 Å². The molecule has 1 rings (SSSR count). The smallest absolute Gasteiger partial charge is 0.353 e. The lowest BCUT2D eigenvalue weighted by atomic mass is 10.2. The third-order valence-corrected chi connectivity index (χ3v) is 1.55. The predicted molar refractivity (Wildman–Crippen MR) is 25.7 cm³/mol. The van der Waals surface area contributed by atoms with Gasteiger partial charge in [-0.05, 0) is 0 Å². The molecule has 1 aliphatic heterocycles. The third-order valence-electron chi connectivity index (χ3n) is 1.55. The molecule has 0 bridgehead atoms. The summed E-state index contributed by atoms with van der Waals surface area (Å²) >= 11 is 0. The normalized spacial score (nSPS) is 29.1. The Labute approximate surface area is 71.6 Å². The SMILES string of the molecule is FC(F)(F)[C@@H]1O[C@H]1C(F)(F)C(F)(F)F. The van der Waals surface area contributed by atoms with Crippen LogP contribution in [0.25, 0.3) is 0 Å². The number of epoxide rings is 1. The summed E-state index contributed by atoms with van der Waals surface area (Å²) in [6, 6.07) is 0. The maximum absolute atomic E-state index is 12.1. The molecule has 1 heterocycles. The van der Waals surface area contributed by atoms with Crippen LogP contribution in [-0.4, -0.2) is 30.5 Å². The maximum atomic E-state index is 12.1. The lowest BCUT2D eigenvalue weighted by molar-refractivity contribution is -0.289. The van der Waals surface area contributed by atoms with Crippen LogP contribution in [0, 0.1) is 0 Å². The molecule has 1 fully saturated rings. The van der Waals surface area contributed by atoms with Crippen molar-refractivity contribution in [3.05, 3.63) is 0 Å². The van der Waals surface area contributed by atoms with E-state index in [1.54, 1.807) is 0 Å². The van der Waals surface area contributed by atoms with Gasteiger partial charge in [-0.2, -0.15) is 35.1 Å². The Kier molecular flexibility index (Phi) is 2.22. The Morgan fingerprint density at radius 3 is 1.36 bits per heavy atom. The lowest BCUT2D eigenvalue weighted by Gasteiger charge is -2.17. The number of halogens is 8. The molecular formula is C5H2F8O. The Morgan fingerprint density at radius 1 is 0.714 bits per heavy atom. The van der Waals surface area contributed by atoms with Crippen LogP contribution in [-0.2, 0) is 4.74 Å². The monoisotopic (exact) mass is 230 g/mol. The van der Waals surface area contributed by atoms with Gasteiger partial charge < -0.3 is 4.74 Å². The second-order valence-electron chi connectivity index (χ2n) is 2.64. The number of alkyl halides is 8. The van der Waals surface area contributed by atoms with Crippen LogP contribution < -0.4 is 0 Å². The molecule has 0 aliphatic carbocycles. The second kappa shape index (κ2) is 2.71. The van der Waals surface area contributed by atoms with Crippen LogP contribution in [0.15, 0.2) is 0 Å². The molecule has 0 aromatic carbocycles. The molecule has 9 heteroatoms. The van der Waals surface area contributed by atoms with Gasteiger partial charge >= 0.3 is 18.3 Å². The van der Waals surface area contributed by atoms with E-state index in [1.807, 2.05) is 0 Å². The molecule has 0 saturated carbocycles. The van der Waals surface area contributed by atoms with Crippen LogP contribution in [0.3, 0.4) is 0 Å². The molecular weight excluding hydrogens is 228 g/mol. The van der Waals surface area contributed by atoms with Crippen molar-refractivity contribution >= 4 is 0 Å². The molecule has 0 radical (unpaired) electrons. The van der Waals surface area contributed by atoms with Crippen LogP contribution in [0.2, 0.25) is 0 Å². The van der Waals surface area contributed by atoms with Gasteiger partial charge in [-0.1, -0.05) is 0 Å². The van der Waals surface area contributed by atoms with E-state index in [0.29, 0.717) is 0 Å². The summed E-state index contributed by atoms with van der Waals surface area (Å²) in [4.78, 5) is 0. The van der Waals surface area contributed by atoms with Gasteiger partial charge in [0.05, 0.1) is 0 Å². The Bertz CT molecular complexity index is 227. The van der Waals surface area contributed by atoms with E-state index >= 15 is 0 Å². The minimum atomic E-state index is -6.03. The van der Waals surface area contributed by atoms with Gasteiger partial charge in [0.2, 0.25) is 0 Å². The molecule has 0 unspecified atom stereocenters. The molecule has 0 aromatic rings. The number of ether oxygens (including phenoxy) is 1. The van der Waals surface area contributed by atoms with Crippen molar-refractivity contribution in [2.75, 3.05) is 0 Å². The quantitative estimate of drug-likeness (QED) is 0.498. The van der Waals surface area contributed by atoms with Gasteiger partial charge in [0.1, 0.15) is 0 Å². The van der Waals surface area contributed by atoms with Crippen molar-refractivity contribution in [2.45, 2.75) is 30.5 Å². The highest BCUT2D eigenvalue weighted by Crippen LogP contribution is 2.51. The fraction of sp³-hybridized carbons (Fsp3) is 1.00. The standard InChI is InChI=1S/C5H2F8O/c6-3(7,5(11,12)13)1-2(14-1)4(8,9)10/h1-2H/t1-,2-/m1/s1. The summed E-state index contributed by atoms with van der Waals surface area (Å²) in [6.07, 6.45) is -17.4. The summed E-state index contributed by atoms with van der Waals surface area (Å²) in [5.74, 6) is -5.47. The van der Waals surface area contributed by atoms with E-state index in [0.717, 1.165) is 0 Å². The van der Waals surface area contributed by atoms with Gasteiger partial charge in [0.25, 0.3) is 0 Å². The van der Waals surface area contributed by atoms with E-state index < -0.39 is 30.5 Å². The zero-order valence-electron chi connectivity index (χ0n) is 6.09. The average molecular weight is 230 g/mol. The summed E-state index contributed by atoms with van der Waals surface area (Å²) < 4.78 is 96.8. The van der Waals surface area contributed by atoms with Crippen molar-refractivity contribution in [3.63, 3.8) is 0 Å². The first-order valence-electron chi connectivity index (χ1n) is 3.14. The van der Waals surface area contributed by atoms with Gasteiger partial charge in [-0.25, -0.2) is 0 Å². The maximum Gasteiger partial charge on any atom is 0.456 e. The number of hydrogen-bond donors (Lipinski definition) is 0. The van der Waals surface area contributed by atoms with Crippen molar-refractivity contribution in [3.8, 4) is 0 Å². The fourth-order valence-corrected chi connectivity index (χ4v) is 0.798. The molecule has 0 spiro atoms. The molecule has 2 atom stereocenters. The molecule has 1 saturated heterocycles. The van der Waals surface area contributed by atoms with Crippen molar-refractivity contribution in [2.24, 2.45) is 0 Å². The van der Waals surface area contributed by atoms with Gasteiger partial charge in [-0.3, -0.25) is 0 Å². The molecule has 1 nitrogen and oxygen atoms in total. The van der Waals surface area contributed by atoms with Gasteiger partial charge in [0, 0.05) is 0 Å². The summed E-state index contributed by atoms with van der Waals surface area (Å²) in [7, 11) is 0. The zero-order chi connectivity index (χ0) is 11.4.